The number of nitrogens with zero attached hydrogens (tertiary/aromatic N) is 6. The van der Waals surface area contributed by atoms with E-state index >= 15 is 0 Å². The molecular weight excluding hydrogens is 1580 g/mol. The lowest BCUT2D eigenvalue weighted by molar-refractivity contribution is 0.661. The average molecular weight is 1650 g/mol. The minimum absolute atomic E-state index is 0.121. The van der Waals surface area contributed by atoms with Crippen molar-refractivity contribution in [3.63, 3.8) is 0 Å². The molecule has 0 bridgehead atoms. The van der Waals surface area contributed by atoms with Crippen LogP contribution in [0.2, 0.25) is 0 Å². The number of hydrogen-bond acceptors (Lipinski definition) is 10. The smallest absolute Gasteiger partial charge is 0.143 e. The lowest BCUT2D eigenvalue weighted by Crippen LogP contribution is -2.15. The zero-order valence-electron chi connectivity index (χ0n) is 70.1. The first-order valence-electron chi connectivity index (χ1n) is 43.6. The third-order valence-corrected chi connectivity index (χ3v) is 25.9. The van der Waals surface area contributed by atoms with Crippen LogP contribution in [0.3, 0.4) is 0 Å². The van der Waals surface area contributed by atoms with E-state index in [-0.39, 0.29) is 5.41 Å². The number of fused-ring (bicyclic) bond motifs is 20. The molecule has 0 N–H and O–H groups in total. The molecule has 0 amide bonds. The van der Waals surface area contributed by atoms with Gasteiger partial charge in [-0.25, -0.2) is 24.9 Å². The van der Waals surface area contributed by atoms with Gasteiger partial charge in [0.15, 0.2) is 0 Å². The summed E-state index contributed by atoms with van der Waals surface area (Å²) in [7, 11) is 0. The van der Waals surface area contributed by atoms with Crippen LogP contribution in [0.15, 0.2) is 430 Å². The molecule has 0 saturated heterocycles. The van der Waals surface area contributed by atoms with Crippen molar-refractivity contribution in [2.24, 2.45) is 0 Å². The van der Waals surface area contributed by atoms with Crippen LogP contribution in [0.25, 0.3) is 254 Å². The predicted molar refractivity (Wildman–Crippen MR) is 529 cm³/mol. The van der Waals surface area contributed by atoms with Crippen LogP contribution in [0.4, 0.5) is 0 Å². The summed E-state index contributed by atoms with van der Waals surface area (Å²) in [5.74, 6) is 0. The Hall–Kier alpha value is -17.1. The van der Waals surface area contributed by atoms with Crippen LogP contribution < -0.4 is 0 Å². The lowest BCUT2D eigenvalue weighted by Gasteiger charge is -2.22. The molecule has 0 saturated carbocycles. The molecule has 604 valence electrons. The molecule has 0 radical (unpaired) electrons. The molecule has 10 heteroatoms. The van der Waals surface area contributed by atoms with Crippen molar-refractivity contribution >= 4 is 142 Å². The normalized spacial score (nSPS) is 12.3. The topological polar surface area (TPSA) is 130 Å². The van der Waals surface area contributed by atoms with E-state index in [0.717, 1.165) is 211 Å². The van der Waals surface area contributed by atoms with E-state index in [1.165, 1.54) is 54.9 Å². The van der Waals surface area contributed by atoms with Gasteiger partial charge in [0, 0.05) is 99.0 Å². The molecule has 27 rings (SSSR count). The summed E-state index contributed by atoms with van der Waals surface area (Å²) in [6.45, 7) is 4.67. The van der Waals surface area contributed by atoms with Crippen molar-refractivity contribution in [2.45, 2.75) is 19.3 Å². The molecule has 10 nitrogen and oxygen atoms in total. The lowest BCUT2D eigenvalue weighted by atomic mass is 9.81. The maximum Gasteiger partial charge on any atom is 0.143 e. The maximum atomic E-state index is 6.33. The van der Waals surface area contributed by atoms with E-state index in [0.29, 0.717) is 0 Å². The fourth-order valence-electron chi connectivity index (χ4n) is 19.4. The minimum Gasteiger partial charge on any atom is -0.456 e. The Bertz CT molecular complexity index is 9050. The van der Waals surface area contributed by atoms with Crippen LogP contribution in [-0.4, -0.2) is 29.9 Å². The van der Waals surface area contributed by atoms with Gasteiger partial charge in [-0.1, -0.05) is 287 Å². The van der Waals surface area contributed by atoms with E-state index in [1.54, 1.807) is 0 Å². The Balaban J connectivity index is 0.000000105. The zero-order chi connectivity index (χ0) is 85.4. The second kappa shape index (κ2) is 30.1. The fourth-order valence-corrected chi connectivity index (χ4v) is 19.4. The molecular formula is C119H74N6O4. The molecule has 129 heavy (non-hydrogen) atoms. The minimum atomic E-state index is -0.121. The van der Waals surface area contributed by atoms with Gasteiger partial charge in [0.25, 0.3) is 0 Å². The molecule has 0 aliphatic heterocycles. The van der Waals surface area contributed by atoms with Crippen molar-refractivity contribution in [1.82, 2.24) is 29.9 Å². The molecule has 18 aromatic carbocycles. The highest BCUT2D eigenvalue weighted by Crippen LogP contribution is 2.52. The fraction of sp³-hybridized carbons (Fsp3) is 0.0252. The Morgan fingerprint density at radius 2 is 0.605 bits per heavy atom. The van der Waals surface area contributed by atoms with Crippen LogP contribution in [0.5, 0.6) is 0 Å². The van der Waals surface area contributed by atoms with Gasteiger partial charge < -0.3 is 17.7 Å². The molecule has 1 aliphatic rings. The van der Waals surface area contributed by atoms with Crippen molar-refractivity contribution in [1.29, 1.82) is 0 Å². The molecule has 1 aliphatic carbocycles. The third-order valence-electron chi connectivity index (χ3n) is 25.9. The van der Waals surface area contributed by atoms with Crippen LogP contribution in [0, 0.1) is 0 Å². The largest absolute Gasteiger partial charge is 0.456 e. The average Bonchev–Trinajstić information content (AvgIpc) is 1.92. The van der Waals surface area contributed by atoms with Crippen molar-refractivity contribution in [3.05, 3.63) is 424 Å². The van der Waals surface area contributed by atoms with Gasteiger partial charge in [-0.2, -0.15) is 0 Å². The van der Waals surface area contributed by atoms with Crippen LogP contribution in [-0.2, 0) is 5.41 Å². The SMILES string of the molecule is CC1(C)c2cc(-c3nc(-c4ccc5oc6ccccc6c5c4)cc4ncccc34)ccc2-c2cc3ccccc3cc21.c1ccc2cc(-c3ccc(-c4nc5ccccc5nc4-c4ccc5oc6ccccc6c5c4)cc3)ccc2c1.c1ccc2nc(-c3ccc(-c4cccc5oc6ccccc6c45)cc3)c(-c3ccc(-c4cccc5c4oc4ccccc45)cc3)nc2c1. The monoisotopic (exact) mass is 1650 g/mol. The number of furan rings is 4. The van der Waals surface area contributed by atoms with Gasteiger partial charge >= 0.3 is 0 Å². The third kappa shape index (κ3) is 12.9. The number of benzene rings is 18. The maximum absolute atomic E-state index is 6.33. The molecule has 0 unspecified atom stereocenters. The molecule has 26 aromatic rings. The first-order valence-corrected chi connectivity index (χ1v) is 43.6. The second-order valence-corrected chi connectivity index (χ2v) is 33.8. The highest BCUT2D eigenvalue weighted by molar-refractivity contribution is 6.14. The number of pyridine rings is 2. The summed E-state index contributed by atoms with van der Waals surface area (Å²) in [6.07, 6.45) is 1.86. The van der Waals surface area contributed by atoms with Gasteiger partial charge in [-0.15, -0.1) is 0 Å². The van der Waals surface area contributed by atoms with Crippen LogP contribution >= 0.6 is 0 Å². The number of para-hydroxylation sites is 9. The van der Waals surface area contributed by atoms with E-state index in [4.69, 9.17) is 47.6 Å². The predicted octanol–water partition coefficient (Wildman–Crippen LogP) is 32.1. The molecule has 0 atom stereocenters. The molecule has 0 fully saturated rings. The van der Waals surface area contributed by atoms with Crippen LogP contribution in [0.1, 0.15) is 25.0 Å². The van der Waals surface area contributed by atoms with Gasteiger partial charge in [0.05, 0.1) is 61.7 Å². The van der Waals surface area contributed by atoms with E-state index < -0.39 is 0 Å². The zero-order valence-corrected chi connectivity index (χ0v) is 70.1. The van der Waals surface area contributed by atoms with Gasteiger partial charge in [0.1, 0.15) is 44.7 Å². The quantitative estimate of drug-likeness (QED) is 0.138. The molecule has 8 heterocycles. The van der Waals surface area contributed by atoms with Gasteiger partial charge in [-0.3, -0.25) is 4.98 Å². The second-order valence-electron chi connectivity index (χ2n) is 33.8. The first-order chi connectivity index (χ1) is 63.6. The molecule has 8 aromatic heterocycles. The van der Waals surface area contributed by atoms with Crippen molar-refractivity contribution < 1.29 is 17.7 Å². The highest BCUT2D eigenvalue weighted by atomic mass is 16.3. The van der Waals surface area contributed by atoms with Crippen molar-refractivity contribution in [2.75, 3.05) is 0 Å². The standard InChI is InChI=1S/C44H26N2O2.C39H26N2O.C36H22N2O/c1-5-16-38-33(9-1)34-13-7-12-32(44(34)48-38)28-21-25-30(26-22-28)43-42(45-36-14-3-4-15-37(36)46-43)29-23-19-27(20-24-29)31-11-8-18-40-41(31)35-10-2-6-17-39(35)47-40;1-39(2)32-21-26(13-15-27(32)30-18-23-8-3-4-9-24(23)20-33(30)39)38-29-11-7-17-40-35(29)22-34(41-38)25-14-16-37-31(19-25)28-10-5-6-12-36(28)42-37;1-2-8-26-21-27(18-15-23(26)7-1)24-13-16-25(17-14-24)35-36(38-32-11-5-4-10-31(32)37-35)28-19-20-34-30(22-28)29-9-3-6-12-33(29)39-34/h1-26H;3-22H,1-2H3;1-22H. The van der Waals surface area contributed by atoms with E-state index in [9.17, 15) is 0 Å². The number of aromatic nitrogens is 6. The Labute approximate surface area is 740 Å². The highest BCUT2D eigenvalue weighted by Gasteiger charge is 2.36. The van der Waals surface area contributed by atoms with E-state index in [2.05, 4.69) is 293 Å². The summed E-state index contributed by atoms with van der Waals surface area (Å²) in [6, 6.07) is 141. The summed E-state index contributed by atoms with van der Waals surface area (Å²) >= 11 is 0. The Morgan fingerprint density at radius 1 is 0.202 bits per heavy atom. The summed E-state index contributed by atoms with van der Waals surface area (Å²) in [5.41, 5.74) is 35.0. The number of rotatable bonds is 9. The van der Waals surface area contributed by atoms with Crippen molar-refractivity contribution in [3.8, 4) is 112 Å². The summed E-state index contributed by atoms with van der Waals surface area (Å²) in [5, 5.41) is 15.0. The summed E-state index contributed by atoms with van der Waals surface area (Å²) in [4.78, 5) is 30.6. The summed E-state index contributed by atoms with van der Waals surface area (Å²) < 4.78 is 24.7. The number of hydrogen-bond donors (Lipinski definition) is 0. The van der Waals surface area contributed by atoms with Gasteiger partial charge in [-0.05, 0) is 205 Å². The van der Waals surface area contributed by atoms with Gasteiger partial charge in [0.2, 0.25) is 0 Å². The van der Waals surface area contributed by atoms with E-state index in [1.807, 2.05) is 134 Å². The Morgan fingerprint density at radius 3 is 1.22 bits per heavy atom. The first kappa shape index (κ1) is 74.5. The Kier molecular flexibility index (Phi) is 17.4. The molecule has 0 spiro atoms.